The van der Waals surface area contributed by atoms with E-state index >= 15 is 0 Å². The zero-order chi connectivity index (χ0) is 14.8. The van der Waals surface area contributed by atoms with E-state index in [1.54, 1.807) is 17.0 Å². The molecule has 1 amide bonds. The standard InChI is InChI=1S/C14H16ClN3O2/c1-14(2)9-18(8-11(5-15)20-14)13(19)12-4-3-10(6-16)7-17-12/h3-4,7,11H,5,8-9H2,1-2H3. The van der Waals surface area contributed by atoms with Crippen molar-refractivity contribution >= 4 is 17.5 Å². The van der Waals surface area contributed by atoms with E-state index in [1.807, 2.05) is 19.9 Å². The summed E-state index contributed by atoms with van der Waals surface area (Å²) in [4.78, 5) is 18.2. The Morgan fingerprint density at radius 3 is 2.95 bits per heavy atom. The molecule has 1 unspecified atom stereocenters. The Labute approximate surface area is 123 Å². The third-order valence-corrected chi connectivity index (χ3v) is 3.40. The molecule has 5 nitrogen and oxygen atoms in total. The van der Waals surface area contributed by atoms with Gasteiger partial charge in [-0.3, -0.25) is 4.79 Å². The molecule has 0 aromatic carbocycles. The number of aromatic nitrogens is 1. The number of morpholine rings is 1. The number of nitrogens with zero attached hydrogens (tertiary/aromatic N) is 3. The van der Waals surface area contributed by atoms with Crippen LogP contribution >= 0.6 is 11.6 Å². The van der Waals surface area contributed by atoms with Crippen molar-refractivity contribution in [3.05, 3.63) is 29.6 Å². The number of carbonyl (C=O) groups is 1. The van der Waals surface area contributed by atoms with Crippen molar-refractivity contribution in [1.29, 1.82) is 5.26 Å². The van der Waals surface area contributed by atoms with Crippen molar-refractivity contribution in [2.24, 2.45) is 0 Å². The van der Waals surface area contributed by atoms with Crippen molar-refractivity contribution in [3.63, 3.8) is 0 Å². The molecule has 6 heteroatoms. The van der Waals surface area contributed by atoms with Gasteiger partial charge in [0.2, 0.25) is 0 Å². The smallest absolute Gasteiger partial charge is 0.272 e. The number of halogens is 1. The summed E-state index contributed by atoms with van der Waals surface area (Å²) in [6.07, 6.45) is 1.22. The lowest BCUT2D eigenvalue weighted by Gasteiger charge is -2.42. The Morgan fingerprint density at radius 1 is 1.65 bits per heavy atom. The summed E-state index contributed by atoms with van der Waals surface area (Å²) < 4.78 is 5.79. The molecule has 1 aromatic rings. The van der Waals surface area contributed by atoms with Crippen molar-refractivity contribution in [1.82, 2.24) is 9.88 Å². The van der Waals surface area contributed by atoms with E-state index in [0.717, 1.165) is 0 Å². The average Bonchev–Trinajstić information content (AvgIpc) is 2.44. The number of nitriles is 1. The number of pyridine rings is 1. The molecular formula is C14H16ClN3O2. The van der Waals surface area contributed by atoms with E-state index in [-0.39, 0.29) is 12.0 Å². The van der Waals surface area contributed by atoms with E-state index in [4.69, 9.17) is 21.6 Å². The van der Waals surface area contributed by atoms with Crippen molar-refractivity contribution in [3.8, 4) is 6.07 Å². The van der Waals surface area contributed by atoms with Crippen LogP contribution in [0.1, 0.15) is 29.9 Å². The Bertz CT molecular complexity index is 536. The van der Waals surface area contributed by atoms with Crippen molar-refractivity contribution < 1.29 is 9.53 Å². The van der Waals surface area contributed by atoms with Crippen LogP contribution in [-0.4, -0.2) is 46.5 Å². The fourth-order valence-corrected chi connectivity index (χ4v) is 2.44. The highest BCUT2D eigenvalue weighted by molar-refractivity contribution is 6.18. The predicted octanol–water partition coefficient (Wildman–Crippen LogP) is 1.81. The highest BCUT2D eigenvalue weighted by Gasteiger charge is 2.35. The fraction of sp³-hybridized carbons (Fsp3) is 0.500. The van der Waals surface area contributed by atoms with Gasteiger partial charge in [-0.1, -0.05) is 0 Å². The molecular weight excluding hydrogens is 278 g/mol. The molecule has 106 valence electrons. The van der Waals surface area contributed by atoms with Crippen LogP contribution in [0.3, 0.4) is 0 Å². The van der Waals surface area contributed by atoms with Gasteiger partial charge in [-0.25, -0.2) is 4.98 Å². The van der Waals surface area contributed by atoms with Crippen LogP contribution in [-0.2, 0) is 4.74 Å². The topological polar surface area (TPSA) is 66.2 Å². The molecule has 0 bridgehead atoms. The highest BCUT2D eigenvalue weighted by atomic mass is 35.5. The number of hydrogen-bond donors (Lipinski definition) is 0. The Balaban J connectivity index is 2.17. The van der Waals surface area contributed by atoms with Gasteiger partial charge in [-0.05, 0) is 26.0 Å². The highest BCUT2D eigenvalue weighted by Crippen LogP contribution is 2.22. The molecule has 0 radical (unpaired) electrons. The summed E-state index contributed by atoms with van der Waals surface area (Å²) in [6.45, 7) is 4.80. The molecule has 1 aliphatic rings. The van der Waals surface area contributed by atoms with E-state index in [9.17, 15) is 4.79 Å². The fourth-order valence-electron chi connectivity index (χ4n) is 2.28. The molecule has 1 atom stereocenters. The van der Waals surface area contributed by atoms with Gasteiger partial charge >= 0.3 is 0 Å². The van der Waals surface area contributed by atoms with Gasteiger partial charge < -0.3 is 9.64 Å². The lowest BCUT2D eigenvalue weighted by atomic mass is 10.0. The number of hydrogen-bond acceptors (Lipinski definition) is 4. The normalized spacial score (nSPS) is 21.3. The van der Waals surface area contributed by atoms with Crippen LogP contribution in [0.5, 0.6) is 0 Å². The SMILES string of the molecule is CC1(C)CN(C(=O)c2ccc(C#N)cn2)CC(CCl)O1. The maximum atomic E-state index is 12.4. The van der Waals surface area contributed by atoms with Gasteiger partial charge in [-0.2, -0.15) is 5.26 Å². The van der Waals surface area contributed by atoms with Gasteiger partial charge in [0.05, 0.1) is 23.1 Å². The first kappa shape index (κ1) is 14.8. The Kier molecular flexibility index (Phi) is 4.26. The van der Waals surface area contributed by atoms with E-state index < -0.39 is 5.60 Å². The van der Waals surface area contributed by atoms with Gasteiger partial charge in [0, 0.05) is 19.3 Å². The summed E-state index contributed by atoms with van der Waals surface area (Å²) in [5, 5.41) is 8.73. The van der Waals surface area contributed by atoms with E-state index in [2.05, 4.69) is 4.98 Å². The van der Waals surface area contributed by atoms with Crippen molar-refractivity contribution in [2.45, 2.75) is 25.6 Å². The molecule has 1 aromatic heterocycles. The summed E-state index contributed by atoms with van der Waals surface area (Å²) in [6, 6.07) is 5.13. The number of amides is 1. The van der Waals surface area contributed by atoms with Gasteiger partial charge in [0.15, 0.2) is 0 Å². The first-order chi connectivity index (χ1) is 9.45. The lowest BCUT2D eigenvalue weighted by Crippen LogP contribution is -2.55. The van der Waals surface area contributed by atoms with Crippen molar-refractivity contribution in [2.75, 3.05) is 19.0 Å². The third-order valence-electron chi connectivity index (χ3n) is 3.05. The second-order valence-electron chi connectivity index (χ2n) is 5.38. The number of carbonyl (C=O) groups excluding carboxylic acids is 1. The second kappa shape index (κ2) is 5.78. The van der Waals surface area contributed by atoms with Crippen LogP contribution in [0.4, 0.5) is 0 Å². The van der Waals surface area contributed by atoms with Crippen LogP contribution in [0, 0.1) is 11.3 Å². The molecule has 1 fully saturated rings. The minimum absolute atomic E-state index is 0.166. The quantitative estimate of drug-likeness (QED) is 0.780. The first-order valence-electron chi connectivity index (χ1n) is 6.34. The van der Waals surface area contributed by atoms with Crippen LogP contribution in [0.15, 0.2) is 18.3 Å². The molecule has 1 aliphatic heterocycles. The monoisotopic (exact) mass is 293 g/mol. The Morgan fingerprint density at radius 2 is 2.40 bits per heavy atom. The summed E-state index contributed by atoms with van der Waals surface area (Å²) >= 11 is 5.85. The molecule has 0 saturated carbocycles. The molecule has 0 N–H and O–H groups in total. The number of ether oxygens (including phenoxy) is 1. The minimum atomic E-state index is -0.430. The molecule has 1 saturated heterocycles. The third kappa shape index (κ3) is 3.27. The van der Waals surface area contributed by atoms with Crippen LogP contribution < -0.4 is 0 Å². The largest absolute Gasteiger partial charge is 0.367 e. The first-order valence-corrected chi connectivity index (χ1v) is 6.88. The zero-order valence-electron chi connectivity index (χ0n) is 11.5. The molecule has 2 heterocycles. The molecule has 20 heavy (non-hydrogen) atoms. The Hall–Kier alpha value is -1.64. The maximum Gasteiger partial charge on any atom is 0.272 e. The van der Waals surface area contributed by atoms with Gasteiger partial charge in [0.25, 0.3) is 5.91 Å². The predicted molar refractivity (Wildman–Crippen MR) is 74.5 cm³/mol. The van der Waals surface area contributed by atoms with E-state index in [0.29, 0.717) is 30.2 Å². The van der Waals surface area contributed by atoms with Gasteiger partial charge in [-0.15, -0.1) is 11.6 Å². The molecule has 2 rings (SSSR count). The van der Waals surface area contributed by atoms with Crippen LogP contribution in [0.2, 0.25) is 0 Å². The second-order valence-corrected chi connectivity index (χ2v) is 5.69. The van der Waals surface area contributed by atoms with Gasteiger partial charge in [0.1, 0.15) is 11.8 Å². The maximum absolute atomic E-state index is 12.4. The lowest BCUT2D eigenvalue weighted by molar-refractivity contribution is -0.117. The zero-order valence-corrected chi connectivity index (χ0v) is 12.2. The summed E-state index contributed by atoms with van der Waals surface area (Å²) in [5.74, 6) is 0.176. The molecule has 0 aliphatic carbocycles. The van der Waals surface area contributed by atoms with E-state index in [1.165, 1.54) is 6.20 Å². The van der Waals surface area contributed by atoms with Crippen LogP contribution in [0.25, 0.3) is 0 Å². The molecule has 0 spiro atoms. The number of alkyl halides is 1. The average molecular weight is 294 g/mol. The number of rotatable bonds is 2. The summed E-state index contributed by atoms with van der Waals surface area (Å²) in [5.41, 5.74) is 0.331. The minimum Gasteiger partial charge on any atom is -0.367 e. The summed E-state index contributed by atoms with van der Waals surface area (Å²) in [7, 11) is 0.